The monoisotopic (exact) mass is 516 g/mol. The summed E-state index contributed by atoms with van der Waals surface area (Å²) in [4.78, 5) is 12.3. The Labute approximate surface area is 197 Å². The Hall–Kier alpha value is -2.84. The van der Waals surface area contributed by atoms with Crippen LogP contribution in [0.25, 0.3) is 0 Å². The highest BCUT2D eigenvalue weighted by Gasteiger charge is 2.15. The normalized spacial score (nSPS) is 12.1. The fraction of sp³-hybridized carbons (Fsp3) is 0.208. The van der Waals surface area contributed by atoms with Crippen molar-refractivity contribution in [3.8, 4) is 5.75 Å². The molecule has 0 aliphatic heterocycles. The molecule has 0 fully saturated rings. The molecule has 3 aromatic carbocycles. The quantitative estimate of drug-likeness (QED) is 0.434. The van der Waals surface area contributed by atoms with Gasteiger partial charge in [-0.25, -0.2) is 8.42 Å². The maximum Gasteiger partial charge on any atom is 0.261 e. The first-order valence-electron chi connectivity index (χ1n) is 10.0. The maximum absolute atomic E-state index is 12.6. The van der Waals surface area contributed by atoms with Crippen molar-refractivity contribution in [2.45, 2.75) is 31.7 Å². The predicted molar refractivity (Wildman–Crippen MR) is 129 cm³/mol. The van der Waals surface area contributed by atoms with Gasteiger partial charge in [-0.05, 0) is 86.0 Å². The van der Waals surface area contributed by atoms with Crippen LogP contribution >= 0.6 is 15.9 Å². The number of hydrogen-bond acceptors (Lipinski definition) is 4. The number of aryl methyl sites for hydroxylation is 2. The molecule has 1 unspecified atom stereocenters. The van der Waals surface area contributed by atoms with Crippen LogP contribution < -0.4 is 14.8 Å². The zero-order valence-electron chi connectivity index (χ0n) is 18.1. The van der Waals surface area contributed by atoms with E-state index < -0.39 is 10.0 Å². The van der Waals surface area contributed by atoms with Gasteiger partial charge in [0, 0.05) is 10.2 Å². The van der Waals surface area contributed by atoms with Crippen LogP contribution in [0.3, 0.4) is 0 Å². The van der Waals surface area contributed by atoms with Gasteiger partial charge in [0.25, 0.3) is 15.9 Å². The van der Waals surface area contributed by atoms with Crippen molar-refractivity contribution in [3.63, 3.8) is 0 Å². The van der Waals surface area contributed by atoms with E-state index in [0.717, 1.165) is 21.2 Å². The minimum Gasteiger partial charge on any atom is -0.484 e. The number of carbonyl (C=O) groups excluding carboxylic acids is 1. The van der Waals surface area contributed by atoms with Gasteiger partial charge in [-0.1, -0.05) is 34.1 Å². The first kappa shape index (κ1) is 23.8. The van der Waals surface area contributed by atoms with Gasteiger partial charge in [0.15, 0.2) is 6.61 Å². The summed E-state index contributed by atoms with van der Waals surface area (Å²) in [6.07, 6.45) is 0. The third-order valence-electron chi connectivity index (χ3n) is 4.99. The summed E-state index contributed by atoms with van der Waals surface area (Å²) in [5, 5.41) is 2.87. The fourth-order valence-electron chi connectivity index (χ4n) is 3.03. The van der Waals surface area contributed by atoms with Gasteiger partial charge < -0.3 is 10.1 Å². The van der Waals surface area contributed by atoms with Crippen LogP contribution in [0.15, 0.2) is 76.1 Å². The van der Waals surface area contributed by atoms with E-state index in [-0.39, 0.29) is 23.5 Å². The molecule has 0 saturated carbocycles. The Morgan fingerprint density at radius 2 is 1.72 bits per heavy atom. The summed E-state index contributed by atoms with van der Waals surface area (Å²) in [6.45, 7) is 5.61. The van der Waals surface area contributed by atoms with Gasteiger partial charge >= 0.3 is 0 Å². The van der Waals surface area contributed by atoms with Crippen molar-refractivity contribution in [2.24, 2.45) is 0 Å². The SMILES string of the molecule is Cc1ccc(NS(=O)(=O)c2ccc(OCC(=O)NC(C)c3cccc(Br)c3)cc2)cc1C. The van der Waals surface area contributed by atoms with Gasteiger partial charge in [0.2, 0.25) is 0 Å². The van der Waals surface area contributed by atoms with E-state index in [4.69, 9.17) is 4.74 Å². The van der Waals surface area contributed by atoms with E-state index in [1.807, 2.05) is 51.1 Å². The van der Waals surface area contributed by atoms with Crippen LogP contribution in [0.5, 0.6) is 5.75 Å². The second-order valence-corrected chi connectivity index (χ2v) is 10.1. The third-order valence-corrected chi connectivity index (χ3v) is 6.88. The highest BCUT2D eigenvalue weighted by molar-refractivity contribution is 9.10. The number of hydrogen-bond donors (Lipinski definition) is 2. The number of amides is 1. The number of benzene rings is 3. The molecule has 0 heterocycles. The Kier molecular flexibility index (Phi) is 7.58. The largest absolute Gasteiger partial charge is 0.484 e. The lowest BCUT2D eigenvalue weighted by Crippen LogP contribution is -2.31. The standard InChI is InChI=1S/C24H25BrN2O4S/c1-16-7-8-21(13-17(16)2)27-32(29,30)23-11-9-22(10-12-23)31-15-24(28)26-18(3)19-5-4-6-20(25)14-19/h4-14,18,27H,15H2,1-3H3,(H,26,28). The zero-order valence-corrected chi connectivity index (χ0v) is 20.5. The first-order chi connectivity index (χ1) is 15.1. The molecule has 3 aromatic rings. The number of sulfonamides is 1. The minimum atomic E-state index is -3.73. The second kappa shape index (κ2) is 10.2. The van der Waals surface area contributed by atoms with E-state index in [1.54, 1.807) is 12.1 Å². The maximum atomic E-state index is 12.6. The Morgan fingerprint density at radius 1 is 1.00 bits per heavy atom. The van der Waals surface area contributed by atoms with Crippen LogP contribution in [0.4, 0.5) is 5.69 Å². The van der Waals surface area contributed by atoms with Crippen LogP contribution in [-0.4, -0.2) is 20.9 Å². The fourth-order valence-corrected chi connectivity index (χ4v) is 4.49. The molecule has 0 aliphatic carbocycles. The molecule has 0 aliphatic rings. The van der Waals surface area contributed by atoms with Gasteiger partial charge in [0.05, 0.1) is 10.9 Å². The molecule has 0 saturated heterocycles. The van der Waals surface area contributed by atoms with E-state index in [1.165, 1.54) is 24.3 Å². The number of ether oxygens (including phenoxy) is 1. The molecular weight excluding hydrogens is 492 g/mol. The molecular formula is C24H25BrN2O4S. The summed E-state index contributed by atoms with van der Waals surface area (Å²) in [5.41, 5.74) is 3.56. The van der Waals surface area contributed by atoms with Crippen molar-refractivity contribution in [3.05, 3.63) is 87.9 Å². The topological polar surface area (TPSA) is 84.5 Å². The molecule has 0 radical (unpaired) electrons. The van der Waals surface area contributed by atoms with E-state index in [9.17, 15) is 13.2 Å². The molecule has 8 heteroatoms. The Balaban J connectivity index is 1.56. The number of rotatable bonds is 8. The van der Waals surface area contributed by atoms with E-state index in [0.29, 0.717) is 11.4 Å². The van der Waals surface area contributed by atoms with Crippen LogP contribution in [0.2, 0.25) is 0 Å². The zero-order chi connectivity index (χ0) is 23.3. The lowest BCUT2D eigenvalue weighted by Gasteiger charge is -2.15. The van der Waals surface area contributed by atoms with Gasteiger partial charge in [-0.2, -0.15) is 0 Å². The molecule has 1 amide bonds. The average molecular weight is 517 g/mol. The Bertz CT molecular complexity index is 1210. The highest BCUT2D eigenvalue weighted by Crippen LogP contribution is 2.21. The number of halogens is 1. The number of nitrogens with one attached hydrogen (secondary N) is 2. The number of carbonyl (C=O) groups is 1. The first-order valence-corrected chi connectivity index (χ1v) is 12.3. The van der Waals surface area contributed by atoms with Crippen molar-refractivity contribution in [1.82, 2.24) is 5.32 Å². The molecule has 0 bridgehead atoms. The van der Waals surface area contributed by atoms with Gasteiger partial charge in [-0.15, -0.1) is 0 Å². The van der Waals surface area contributed by atoms with Crippen molar-refractivity contribution < 1.29 is 17.9 Å². The molecule has 0 aromatic heterocycles. The molecule has 168 valence electrons. The predicted octanol–water partition coefficient (Wildman–Crippen LogP) is 5.12. The van der Waals surface area contributed by atoms with Crippen LogP contribution in [0.1, 0.15) is 29.7 Å². The Morgan fingerprint density at radius 3 is 2.38 bits per heavy atom. The molecule has 3 rings (SSSR count). The highest BCUT2D eigenvalue weighted by atomic mass is 79.9. The summed E-state index contributed by atoms with van der Waals surface area (Å²) < 4.78 is 34.3. The van der Waals surface area contributed by atoms with E-state index >= 15 is 0 Å². The lowest BCUT2D eigenvalue weighted by molar-refractivity contribution is -0.123. The molecule has 32 heavy (non-hydrogen) atoms. The van der Waals surface area contributed by atoms with Crippen LogP contribution in [0, 0.1) is 13.8 Å². The minimum absolute atomic E-state index is 0.107. The second-order valence-electron chi connectivity index (χ2n) is 7.51. The molecule has 2 N–H and O–H groups in total. The molecule has 0 spiro atoms. The average Bonchev–Trinajstić information content (AvgIpc) is 2.75. The van der Waals surface area contributed by atoms with Gasteiger partial charge in [0.1, 0.15) is 5.75 Å². The van der Waals surface area contributed by atoms with Crippen molar-refractivity contribution >= 4 is 37.5 Å². The summed E-state index contributed by atoms with van der Waals surface area (Å²) >= 11 is 3.42. The summed E-state index contributed by atoms with van der Waals surface area (Å²) in [6, 6.07) is 18.9. The van der Waals surface area contributed by atoms with Crippen molar-refractivity contribution in [2.75, 3.05) is 11.3 Å². The number of anilines is 1. The molecule has 6 nitrogen and oxygen atoms in total. The molecule has 1 atom stereocenters. The summed E-state index contributed by atoms with van der Waals surface area (Å²) in [7, 11) is -3.73. The van der Waals surface area contributed by atoms with Gasteiger partial charge in [-0.3, -0.25) is 9.52 Å². The lowest BCUT2D eigenvalue weighted by atomic mass is 10.1. The van der Waals surface area contributed by atoms with Crippen molar-refractivity contribution in [1.29, 1.82) is 0 Å². The van der Waals surface area contributed by atoms with Crippen LogP contribution in [-0.2, 0) is 14.8 Å². The van der Waals surface area contributed by atoms with E-state index in [2.05, 4.69) is 26.0 Å². The summed E-state index contributed by atoms with van der Waals surface area (Å²) in [5.74, 6) is 0.131. The third kappa shape index (κ3) is 6.34. The smallest absolute Gasteiger partial charge is 0.261 e.